The minimum atomic E-state index is -3.18. The zero-order valence-electron chi connectivity index (χ0n) is 12.2. The fourth-order valence-corrected chi connectivity index (χ4v) is 2.01. The van der Waals surface area contributed by atoms with E-state index in [0.29, 0.717) is 0 Å². The summed E-state index contributed by atoms with van der Waals surface area (Å²) >= 11 is 0. The predicted octanol–water partition coefficient (Wildman–Crippen LogP) is 2.44. The Kier molecular flexibility index (Phi) is 4.94. The number of halogens is 2. The van der Waals surface area contributed by atoms with Crippen LogP contribution in [0.4, 0.5) is 13.6 Å². The second-order valence-corrected chi connectivity index (χ2v) is 5.84. The number of hydrogen-bond acceptors (Lipinski definition) is 4. The quantitative estimate of drug-likeness (QED) is 0.697. The highest BCUT2D eigenvalue weighted by atomic mass is 19.3. The van der Waals surface area contributed by atoms with Crippen molar-refractivity contribution in [1.29, 1.82) is 0 Å². The lowest BCUT2D eigenvalue weighted by molar-refractivity contribution is -0.160. The SMILES string of the molecule is COC(=O)C1CCN(C(=O)OC(C)(C)C)CCC1(F)F. The first kappa shape index (κ1) is 16.7. The normalized spacial score (nSPS) is 22.9. The predicted molar refractivity (Wildman–Crippen MR) is 67.5 cm³/mol. The van der Waals surface area contributed by atoms with Crippen LogP contribution in [0.15, 0.2) is 0 Å². The van der Waals surface area contributed by atoms with Crippen LogP contribution < -0.4 is 0 Å². The van der Waals surface area contributed by atoms with Gasteiger partial charge in [-0.1, -0.05) is 0 Å². The van der Waals surface area contributed by atoms with Crippen LogP contribution in [0.2, 0.25) is 0 Å². The van der Waals surface area contributed by atoms with Gasteiger partial charge in [0, 0.05) is 19.5 Å². The molecule has 0 saturated carbocycles. The maximum Gasteiger partial charge on any atom is 0.410 e. The van der Waals surface area contributed by atoms with Crippen LogP contribution in [0.25, 0.3) is 0 Å². The second-order valence-electron chi connectivity index (χ2n) is 5.84. The van der Waals surface area contributed by atoms with Crippen molar-refractivity contribution in [1.82, 2.24) is 4.90 Å². The van der Waals surface area contributed by atoms with Crippen LogP contribution >= 0.6 is 0 Å². The van der Waals surface area contributed by atoms with Crippen LogP contribution in [0.5, 0.6) is 0 Å². The van der Waals surface area contributed by atoms with E-state index in [1.807, 2.05) is 0 Å². The molecule has 0 aromatic rings. The summed E-state index contributed by atoms with van der Waals surface area (Å²) in [5.41, 5.74) is -0.687. The molecule has 1 fully saturated rings. The Morgan fingerprint density at radius 2 is 1.85 bits per heavy atom. The number of esters is 1. The first-order valence-electron chi connectivity index (χ1n) is 6.50. The summed E-state index contributed by atoms with van der Waals surface area (Å²) in [6.45, 7) is 5.01. The fraction of sp³-hybridized carbons (Fsp3) is 0.846. The van der Waals surface area contributed by atoms with E-state index >= 15 is 0 Å². The van der Waals surface area contributed by atoms with E-state index in [2.05, 4.69) is 4.74 Å². The molecule has 1 aliphatic rings. The molecule has 1 atom stereocenters. The third kappa shape index (κ3) is 4.31. The average Bonchev–Trinajstić information content (AvgIpc) is 2.44. The molecule has 1 rings (SSSR count). The van der Waals surface area contributed by atoms with Gasteiger partial charge in [0.2, 0.25) is 0 Å². The lowest BCUT2D eigenvalue weighted by Crippen LogP contribution is -2.37. The number of carbonyl (C=O) groups excluding carboxylic acids is 2. The van der Waals surface area contributed by atoms with Crippen molar-refractivity contribution in [3.05, 3.63) is 0 Å². The van der Waals surface area contributed by atoms with E-state index in [1.54, 1.807) is 20.8 Å². The molecule has 0 spiro atoms. The van der Waals surface area contributed by atoms with Gasteiger partial charge in [0.15, 0.2) is 0 Å². The third-order valence-electron chi connectivity index (χ3n) is 3.05. The zero-order valence-corrected chi connectivity index (χ0v) is 12.2. The summed E-state index contributed by atoms with van der Waals surface area (Å²) in [5, 5.41) is 0. The minimum absolute atomic E-state index is 0.0459. The molecule has 20 heavy (non-hydrogen) atoms. The maximum atomic E-state index is 13.9. The lowest BCUT2D eigenvalue weighted by Gasteiger charge is -2.26. The van der Waals surface area contributed by atoms with Gasteiger partial charge in [-0.25, -0.2) is 13.6 Å². The van der Waals surface area contributed by atoms with E-state index in [0.717, 1.165) is 7.11 Å². The van der Waals surface area contributed by atoms with Crippen LogP contribution in [0.3, 0.4) is 0 Å². The Morgan fingerprint density at radius 1 is 1.25 bits per heavy atom. The summed E-state index contributed by atoms with van der Waals surface area (Å²) in [6, 6.07) is 0. The molecule has 1 amide bonds. The topological polar surface area (TPSA) is 55.8 Å². The molecule has 0 radical (unpaired) electrons. The molecular weight excluding hydrogens is 272 g/mol. The van der Waals surface area contributed by atoms with Gasteiger partial charge in [-0.2, -0.15) is 0 Å². The number of hydrogen-bond donors (Lipinski definition) is 0. The summed E-state index contributed by atoms with van der Waals surface area (Å²) in [7, 11) is 1.08. The zero-order chi connectivity index (χ0) is 15.6. The highest BCUT2D eigenvalue weighted by Gasteiger charge is 2.47. The van der Waals surface area contributed by atoms with Crippen molar-refractivity contribution < 1.29 is 27.8 Å². The second kappa shape index (κ2) is 5.93. The molecule has 1 saturated heterocycles. The van der Waals surface area contributed by atoms with Crippen LogP contribution in [-0.4, -0.2) is 48.7 Å². The molecule has 1 unspecified atom stereocenters. The van der Waals surface area contributed by atoms with Crippen LogP contribution in [-0.2, 0) is 14.3 Å². The van der Waals surface area contributed by atoms with Crippen molar-refractivity contribution in [3.8, 4) is 0 Å². The Balaban J connectivity index is 2.75. The van der Waals surface area contributed by atoms with Crippen molar-refractivity contribution in [2.75, 3.05) is 20.2 Å². The van der Waals surface area contributed by atoms with Gasteiger partial charge >= 0.3 is 12.1 Å². The van der Waals surface area contributed by atoms with E-state index in [4.69, 9.17) is 4.74 Å². The number of methoxy groups -OCH3 is 1. The van der Waals surface area contributed by atoms with Gasteiger partial charge in [-0.15, -0.1) is 0 Å². The number of amides is 1. The molecule has 0 aromatic carbocycles. The van der Waals surface area contributed by atoms with E-state index in [1.165, 1.54) is 4.90 Å². The molecule has 0 aromatic heterocycles. The molecule has 0 bridgehead atoms. The molecule has 0 aliphatic carbocycles. The highest BCUT2D eigenvalue weighted by Crippen LogP contribution is 2.34. The van der Waals surface area contributed by atoms with Crippen molar-refractivity contribution in [2.24, 2.45) is 5.92 Å². The van der Waals surface area contributed by atoms with Gasteiger partial charge in [-0.3, -0.25) is 4.79 Å². The number of nitrogens with zero attached hydrogens (tertiary/aromatic N) is 1. The van der Waals surface area contributed by atoms with Gasteiger partial charge in [-0.05, 0) is 27.2 Å². The Morgan fingerprint density at radius 3 is 2.35 bits per heavy atom. The standard InChI is InChI=1S/C13H21F2NO4/c1-12(2,3)20-11(18)16-7-5-9(10(17)19-4)13(14,15)6-8-16/h9H,5-8H2,1-4H3. The van der Waals surface area contributed by atoms with Crippen molar-refractivity contribution >= 4 is 12.1 Å². The average molecular weight is 293 g/mol. The van der Waals surface area contributed by atoms with Gasteiger partial charge in [0.25, 0.3) is 5.92 Å². The summed E-state index contributed by atoms with van der Waals surface area (Å²) in [5.74, 6) is -5.63. The lowest BCUT2D eigenvalue weighted by atomic mass is 9.96. The van der Waals surface area contributed by atoms with Gasteiger partial charge in [0.05, 0.1) is 7.11 Å². The number of rotatable bonds is 1. The molecular formula is C13H21F2NO4. The van der Waals surface area contributed by atoms with E-state index in [-0.39, 0.29) is 19.5 Å². The van der Waals surface area contributed by atoms with Crippen molar-refractivity contribution in [3.63, 3.8) is 0 Å². The highest BCUT2D eigenvalue weighted by molar-refractivity contribution is 5.74. The monoisotopic (exact) mass is 293 g/mol. The first-order chi connectivity index (χ1) is 9.07. The fourth-order valence-electron chi connectivity index (χ4n) is 2.01. The molecule has 1 heterocycles. The largest absolute Gasteiger partial charge is 0.469 e. The Bertz CT molecular complexity index is 379. The minimum Gasteiger partial charge on any atom is -0.469 e. The number of alkyl halides is 2. The first-order valence-corrected chi connectivity index (χ1v) is 6.50. The van der Waals surface area contributed by atoms with Crippen LogP contribution in [0, 0.1) is 5.92 Å². The maximum absolute atomic E-state index is 13.9. The third-order valence-corrected chi connectivity index (χ3v) is 3.05. The van der Waals surface area contributed by atoms with Crippen LogP contribution in [0.1, 0.15) is 33.6 Å². The molecule has 0 N–H and O–H groups in total. The smallest absolute Gasteiger partial charge is 0.410 e. The van der Waals surface area contributed by atoms with E-state index < -0.39 is 35.9 Å². The van der Waals surface area contributed by atoms with E-state index in [9.17, 15) is 18.4 Å². The number of carbonyl (C=O) groups is 2. The summed E-state index contributed by atoms with van der Waals surface area (Å²) in [4.78, 5) is 24.5. The Hall–Kier alpha value is -1.40. The molecule has 1 aliphatic heterocycles. The molecule has 116 valence electrons. The van der Waals surface area contributed by atoms with Gasteiger partial charge in [0.1, 0.15) is 11.5 Å². The van der Waals surface area contributed by atoms with Gasteiger partial charge < -0.3 is 14.4 Å². The van der Waals surface area contributed by atoms with Crippen molar-refractivity contribution in [2.45, 2.75) is 45.1 Å². The molecule has 7 heteroatoms. The number of likely N-dealkylation sites (tertiary alicyclic amines) is 1. The summed E-state index contributed by atoms with van der Waals surface area (Å²) in [6.07, 6.45) is -1.36. The summed E-state index contributed by atoms with van der Waals surface area (Å²) < 4.78 is 37.3. The molecule has 5 nitrogen and oxygen atoms in total. The number of ether oxygens (including phenoxy) is 2. The Labute approximate surface area is 117 Å².